The highest BCUT2D eigenvalue weighted by Crippen LogP contribution is 2.33. The summed E-state index contributed by atoms with van der Waals surface area (Å²) in [6.07, 6.45) is 3.54. The molecule has 2 aromatic carbocycles. The van der Waals surface area contributed by atoms with Gasteiger partial charge in [0.25, 0.3) is 0 Å². The number of nitrogens with zero attached hydrogens (tertiary/aromatic N) is 2. The summed E-state index contributed by atoms with van der Waals surface area (Å²) in [7, 11) is 0. The van der Waals surface area contributed by atoms with Gasteiger partial charge in [-0.05, 0) is 17.0 Å². The Morgan fingerprint density at radius 2 is 1.86 bits per heavy atom. The SMILES string of the molecule is N#Cc1c(Cl)ccc2c(SCc3ccccc3)cncc12. The van der Waals surface area contributed by atoms with Gasteiger partial charge < -0.3 is 0 Å². The Bertz CT molecular complexity index is 825. The largest absolute Gasteiger partial charge is 0.263 e. The van der Waals surface area contributed by atoms with Crippen molar-refractivity contribution in [3.63, 3.8) is 0 Å². The first-order valence-electron chi connectivity index (χ1n) is 6.42. The minimum Gasteiger partial charge on any atom is -0.263 e. The molecule has 0 aliphatic carbocycles. The van der Waals surface area contributed by atoms with Gasteiger partial charge in [0.1, 0.15) is 6.07 Å². The number of nitriles is 1. The first-order valence-corrected chi connectivity index (χ1v) is 7.79. The Balaban J connectivity index is 1.98. The van der Waals surface area contributed by atoms with Crippen LogP contribution in [0.15, 0.2) is 59.8 Å². The van der Waals surface area contributed by atoms with E-state index in [0.717, 1.165) is 21.4 Å². The zero-order valence-corrected chi connectivity index (χ0v) is 12.7. The molecular formula is C17H11ClN2S. The Hall–Kier alpha value is -2.02. The molecule has 1 aromatic heterocycles. The lowest BCUT2D eigenvalue weighted by Gasteiger charge is -2.08. The number of benzene rings is 2. The molecule has 1 heterocycles. The Kier molecular flexibility index (Phi) is 4.10. The molecule has 0 saturated heterocycles. The molecule has 0 saturated carbocycles. The highest BCUT2D eigenvalue weighted by atomic mass is 35.5. The number of hydrogen-bond acceptors (Lipinski definition) is 3. The summed E-state index contributed by atoms with van der Waals surface area (Å²) in [6, 6.07) is 16.2. The van der Waals surface area contributed by atoms with E-state index in [9.17, 15) is 5.26 Å². The fourth-order valence-corrected chi connectivity index (χ4v) is 3.35. The third kappa shape index (κ3) is 2.87. The molecule has 0 fully saturated rings. The van der Waals surface area contributed by atoms with E-state index >= 15 is 0 Å². The summed E-state index contributed by atoms with van der Waals surface area (Å²) < 4.78 is 0. The molecule has 0 aliphatic heterocycles. The van der Waals surface area contributed by atoms with Crippen LogP contribution in [-0.2, 0) is 5.75 Å². The average Bonchev–Trinajstić information content (AvgIpc) is 2.53. The van der Waals surface area contributed by atoms with E-state index in [2.05, 4.69) is 23.2 Å². The van der Waals surface area contributed by atoms with Gasteiger partial charge in [0.2, 0.25) is 0 Å². The van der Waals surface area contributed by atoms with Crippen molar-refractivity contribution in [1.29, 1.82) is 5.26 Å². The predicted molar refractivity (Wildman–Crippen MR) is 87.5 cm³/mol. The highest BCUT2D eigenvalue weighted by molar-refractivity contribution is 7.98. The molecule has 0 unspecified atom stereocenters. The normalized spacial score (nSPS) is 10.5. The van der Waals surface area contributed by atoms with Crippen LogP contribution in [0.25, 0.3) is 10.8 Å². The average molecular weight is 311 g/mol. The quantitative estimate of drug-likeness (QED) is 0.635. The molecule has 2 nitrogen and oxygen atoms in total. The molecule has 0 amide bonds. The van der Waals surface area contributed by atoms with Crippen molar-refractivity contribution in [3.05, 3.63) is 71.0 Å². The van der Waals surface area contributed by atoms with Crippen LogP contribution in [0.3, 0.4) is 0 Å². The summed E-state index contributed by atoms with van der Waals surface area (Å²) in [4.78, 5) is 5.30. The molecule has 4 heteroatoms. The summed E-state index contributed by atoms with van der Waals surface area (Å²) in [6.45, 7) is 0. The van der Waals surface area contributed by atoms with Crippen molar-refractivity contribution in [3.8, 4) is 6.07 Å². The predicted octanol–water partition coefficient (Wildman–Crippen LogP) is 5.05. The van der Waals surface area contributed by atoms with Gasteiger partial charge in [-0.1, -0.05) is 48.0 Å². The van der Waals surface area contributed by atoms with Crippen LogP contribution in [0.2, 0.25) is 5.02 Å². The van der Waals surface area contributed by atoms with Gasteiger partial charge in [0.15, 0.2) is 0 Å². The van der Waals surface area contributed by atoms with Crippen LogP contribution in [0.5, 0.6) is 0 Å². The van der Waals surface area contributed by atoms with Crippen LogP contribution in [0, 0.1) is 11.3 Å². The minimum absolute atomic E-state index is 0.469. The summed E-state index contributed by atoms with van der Waals surface area (Å²) >= 11 is 7.78. The molecule has 3 rings (SSSR count). The molecule has 0 atom stereocenters. The lowest BCUT2D eigenvalue weighted by Crippen LogP contribution is -1.87. The van der Waals surface area contributed by atoms with E-state index in [1.807, 2.05) is 30.5 Å². The number of hydrogen-bond donors (Lipinski definition) is 0. The van der Waals surface area contributed by atoms with Gasteiger partial charge in [-0.2, -0.15) is 5.26 Å². The van der Waals surface area contributed by atoms with E-state index in [-0.39, 0.29) is 0 Å². The van der Waals surface area contributed by atoms with Gasteiger partial charge in [-0.15, -0.1) is 11.8 Å². The third-order valence-electron chi connectivity index (χ3n) is 3.20. The molecular weight excluding hydrogens is 300 g/mol. The van der Waals surface area contributed by atoms with Crippen LogP contribution < -0.4 is 0 Å². The second-order valence-corrected chi connectivity index (χ2v) is 5.97. The second kappa shape index (κ2) is 6.17. The Morgan fingerprint density at radius 3 is 2.62 bits per heavy atom. The first-order chi connectivity index (χ1) is 10.3. The van der Waals surface area contributed by atoms with Gasteiger partial charge in [0.05, 0.1) is 10.6 Å². The minimum atomic E-state index is 0.469. The van der Waals surface area contributed by atoms with E-state index in [0.29, 0.717) is 10.6 Å². The van der Waals surface area contributed by atoms with Crippen LogP contribution in [0.4, 0.5) is 0 Å². The highest BCUT2D eigenvalue weighted by Gasteiger charge is 2.09. The number of thioether (sulfide) groups is 1. The molecule has 0 bridgehead atoms. The van der Waals surface area contributed by atoms with E-state index in [1.165, 1.54) is 5.56 Å². The van der Waals surface area contributed by atoms with Crippen molar-refractivity contribution >= 4 is 34.1 Å². The van der Waals surface area contributed by atoms with Crippen LogP contribution in [-0.4, -0.2) is 4.98 Å². The third-order valence-corrected chi connectivity index (χ3v) is 4.63. The number of rotatable bonds is 3. The van der Waals surface area contributed by atoms with E-state index in [4.69, 9.17) is 11.6 Å². The molecule has 0 aliphatic rings. The second-order valence-electron chi connectivity index (χ2n) is 4.54. The summed E-state index contributed by atoms with van der Waals surface area (Å²) in [5.41, 5.74) is 1.75. The summed E-state index contributed by atoms with van der Waals surface area (Å²) in [5.74, 6) is 0.867. The maximum atomic E-state index is 9.25. The van der Waals surface area contributed by atoms with Gasteiger partial charge in [0, 0.05) is 28.4 Å². The van der Waals surface area contributed by atoms with Gasteiger partial charge in [-0.3, -0.25) is 4.98 Å². The Labute approximate surface area is 132 Å². The number of halogens is 1. The molecule has 3 aromatic rings. The fourth-order valence-electron chi connectivity index (χ4n) is 2.15. The van der Waals surface area contributed by atoms with Crippen LogP contribution >= 0.6 is 23.4 Å². The Morgan fingerprint density at radius 1 is 1.05 bits per heavy atom. The van der Waals surface area contributed by atoms with Crippen molar-refractivity contribution in [2.45, 2.75) is 10.6 Å². The smallest absolute Gasteiger partial charge is 0.101 e. The summed E-state index contributed by atoms with van der Waals surface area (Å²) in [5, 5.41) is 11.5. The van der Waals surface area contributed by atoms with Gasteiger partial charge in [-0.25, -0.2) is 0 Å². The number of pyridine rings is 1. The molecule has 0 spiro atoms. The lowest BCUT2D eigenvalue weighted by molar-refractivity contribution is 1.27. The first kappa shape index (κ1) is 13.9. The van der Waals surface area contributed by atoms with Crippen molar-refractivity contribution in [1.82, 2.24) is 4.98 Å². The van der Waals surface area contributed by atoms with Gasteiger partial charge >= 0.3 is 0 Å². The topological polar surface area (TPSA) is 36.7 Å². The fraction of sp³-hybridized carbons (Fsp3) is 0.0588. The molecule has 21 heavy (non-hydrogen) atoms. The zero-order valence-electron chi connectivity index (χ0n) is 11.1. The van der Waals surface area contributed by atoms with Crippen molar-refractivity contribution in [2.75, 3.05) is 0 Å². The monoisotopic (exact) mass is 310 g/mol. The van der Waals surface area contributed by atoms with E-state index in [1.54, 1.807) is 24.0 Å². The maximum absolute atomic E-state index is 9.25. The van der Waals surface area contributed by atoms with Crippen molar-refractivity contribution in [2.24, 2.45) is 0 Å². The zero-order chi connectivity index (χ0) is 14.7. The maximum Gasteiger partial charge on any atom is 0.101 e. The molecule has 0 radical (unpaired) electrons. The molecule has 102 valence electrons. The number of aromatic nitrogens is 1. The van der Waals surface area contributed by atoms with Crippen LogP contribution in [0.1, 0.15) is 11.1 Å². The van der Waals surface area contributed by atoms with Crippen molar-refractivity contribution < 1.29 is 0 Å². The van der Waals surface area contributed by atoms with E-state index < -0.39 is 0 Å². The number of fused-ring (bicyclic) bond motifs is 1. The molecule has 0 N–H and O–H groups in total. The standard InChI is InChI=1S/C17H11ClN2S/c18-16-7-6-13-15(14(16)8-19)9-20-10-17(13)21-11-12-4-2-1-3-5-12/h1-7,9-10H,11H2. The lowest BCUT2D eigenvalue weighted by atomic mass is 10.1.